The van der Waals surface area contributed by atoms with Crippen molar-refractivity contribution in [2.75, 3.05) is 13.1 Å². The molecule has 1 amide bonds. The Bertz CT molecular complexity index is 271. The number of rotatable bonds is 4. The zero-order chi connectivity index (χ0) is 12.3. The van der Waals surface area contributed by atoms with Crippen LogP contribution < -0.4 is 10.6 Å². The van der Waals surface area contributed by atoms with E-state index in [2.05, 4.69) is 24.5 Å². The van der Waals surface area contributed by atoms with Crippen LogP contribution in [0.25, 0.3) is 0 Å². The lowest BCUT2D eigenvalue weighted by atomic mass is 9.93. The van der Waals surface area contributed by atoms with Gasteiger partial charge in [-0.05, 0) is 50.5 Å². The average Bonchev–Trinajstić information content (AvgIpc) is 2.95. The number of hydrogen-bond donors (Lipinski definition) is 2. The van der Waals surface area contributed by atoms with Crippen LogP contribution in [0.5, 0.6) is 0 Å². The molecule has 1 heterocycles. The SMILES string of the molecule is CCC1(C(=O)NCC2CCC(C)C2)CCCN1. The normalized spacial score (nSPS) is 37.3. The summed E-state index contributed by atoms with van der Waals surface area (Å²) in [7, 11) is 0. The third-order valence-electron chi connectivity index (χ3n) is 4.64. The maximum Gasteiger partial charge on any atom is 0.240 e. The second kappa shape index (κ2) is 5.38. The van der Waals surface area contributed by atoms with Crippen molar-refractivity contribution >= 4 is 5.91 Å². The number of carbonyl (C=O) groups is 1. The first-order valence-corrected chi connectivity index (χ1v) is 7.19. The number of nitrogens with one attached hydrogen (secondary N) is 2. The van der Waals surface area contributed by atoms with Crippen LogP contribution in [0.2, 0.25) is 0 Å². The molecule has 3 atom stereocenters. The molecule has 3 heteroatoms. The van der Waals surface area contributed by atoms with Gasteiger partial charge in [0.2, 0.25) is 5.91 Å². The lowest BCUT2D eigenvalue weighted by Gasteiger charge is -2.27. The molecule has 1 saturated carbocycles. The first-order chi connectivity index (χ1) is 8.16. The summed E-state index contributed by atoms with van der Waals surface area (Å²) in [6, 6.07) is 0. The van der Waals surface area contributed by atoms with Gasteiger partial charge in [0, 0.05) is 6.54 Å². The van der Waals surface area contributed by atoms with Crippen molar-refractivity contribution in [3.63, 3.8) is 0 Å². The summed E-state index contributed by atoms with van der Waals surface area (Å²) in [5, 5.41) is 6.57. The standard InChI is InChI=1S/C14H26N2O/c1-3-14(7-4-8-16-14)13(17)15-10-12-6-5-11(2)9-12/h11-12,16H,3-10H2,1-2H3,(H,15,17). The fourth-order valence-corrected chi connectivity index (χ4v) is 3.38. The fraction of sp³-hybridized carbons (Fsp3) is 0.929. The van der Waals surface area contributed by atoms with Gasteiger partial charge in [-0.25, -0.2) is 0 Å². The molecule has 98 valence electrons. The van der Waals surface area contributed by atoms with Gasteiger partial charge in [-0.2, -0.15) is 0 Å². The van der Waals surface area contributed by atoms with Crippen molar-refractivity contribution in [2.24, 2.45) is 11.8 Å². The molecule has 17 heavy (non-hydrogen) atoms. The Morgan fingerprint density at radius 3 is 2.82 bits per heavy atom. The van der Waals surface area contributed by atoms with Gasteiger partial charge in [0.15, 0.2) is 0 Å². The van der Waals surface area contributed by atoms with Crippen LogP contribution >= 0.6 is 0 Å². The Morgan fingerprint density at radius 2 is 2.29 bits per heavy atom. The minimum Gasteiger partial charge on any atom is -0.354 e. The molecule has 2 N–H and O–H groups in total. The van der Waals surface area contributed by atoms with Crippen LogP contribution in [0.3, 0.4) is 0 Å². The predicted molar refractivity (Wildman–Crippen MR) is 69.8 cm³/mol. The van der Waals surface area contributed by atoms with Gasteiger partial charge in [0.05, 0.1) is 5.54 Å². The molecular formula is C14H26N2O. The molecule has 1 saturated heterocycles. The van der Waals surface area contributed by atoms with Crippen LogP contribution in [0.15, 0.2) is 0 Å². The molecule has 1 aliphatic carbocycles. The average molecular weight is 238 g/mol. The summed E-state index contributed by atoms with van der Waals surface area (Å²) >= 11 is 0. The van der Waals surface area contributed by atoms with E-state index in [1.165, 1.54) is 19.3 Å². The van der Waals surface area contributed by atoms with Crippen LogP contribution in [0.4, 0.5) is 0 Å². The van der Waals surface area contributed by atoms with E-state index in [0.29, 0.717) is 5.92 Å². The van der Waals surface area contributed by atoms with Crippen molar-refractivity contribution in [3.8, 4) is 0 Å². The highest BCUT2D eigenvalue weighted by Gasteiger charge is 2.39. The smallest absolute Gasteiger partial charge is 0.240 e. The molecule has 1 aliphatic heterocycles. The van der Waals surface area contributed by atoms with Gasteiger partial charge in [0.1, 0.15) is 0 Å². The Balaban J connectivity index is 1.80. The lowest BCUT2D eigenvalue weighted by Crippen LogP contribution is -2.53. The minimum atomic E-state index is -0.260. The summed E-state index contributed by atoms with van der Waals surface area (Å²) in [4.78, 5) is 12.3. The van der Waals surface area contributed by atoms with E-state index in [1.54, 1.807) is 0 Å². The number of hydrogen-bond acceptors (Lipinski definition) is 2. The maximum absolute atomic E-state index is 12.3. The van der Waals surface area contributed by atoms with E-state index >= 15 is 0 Å². The van der Waals surface area contributed by atoms with Crippen molar-refractivity contribution in [3.05, 3.63) is 0 Å². The topological polar surface area (TPSA) is 41.1 Å². The zero-order valence-electron chi connectivity index (χ0n) is 11.2. The first-order valence-electron chi connectivity index (χ1n) is 7.19. The molecule has 2 aliphatic rings. The summed E-state index contributed by atoms with van der Waals surface area (Å²) in [6.07, 6.45) is 6.93. The van der Waals surface area contributed by atoms with Crippen molar-refractivity contribution in [2.45, 2.75) is 57.9 Å². The van der Waals surface area contributed by atoms with Crippen molar-refractivity contribution in [1.29, 1.82) is 0 Å². The quantitative estimate of drug-likeness (QED) is 0.787. The first kappa shape index (κ1) is 12.9. The molecular weight excluding hydrogens is 212 g/mol. The van der Waals surface area contributed by atoms with Crippen molar-refractivity contribution in [1.82, 2.24) is 10.6 Å². The Morgan fingerprint density at radius 1 is 1.47 bits per heavy atom. The molecule has 3 unspecified atom stereocenters. The third kappa shape index (κ3) is 2.82. The molecule has 2 rings (SSSR count). The second-order valence-electron chi connectivity index (χ2n) is 5.96. The molecule has 0 bridgehead atoms. The summed E-state index contributed by atoms with van der Waals surface area (Å²) in [5.41, 5.74) is -0.260. The zero-order valence-corrected chi connectivity index (χ0v) is 11.2. The van der Waals surface area contributed by atoms with Gasteiger partial charge < -0.3 is 10.6 Å². The number of carbonyl (C=O) groups excluding carboxylic acids is 1. The molecule has 0 radical (unpaired) electrons. The summed E-state index contributed by atoms with van der Waals surface area (Å²) in [6.45, 7) is 6.29. The second-order valence-corrected chi connectivity index (χ2v) is 5.96. The summed E-state index contributed by atoms with van der Waals surface area (Å²) in [5.74, 6) is 1.79. The maximum atomic E-state index is 12.3. The molecule has 0 aromatic heterocycles. The Labute approximate surface area is 105 Å². The van der Waals surface area contributed by atoms with E-state index in [4.69, 9.17) is 0 Å². The molecule has 0 aromatic carbocycles. The highest BCUT2D eigenvalue weighted by molar-refractivity contribution is 5.86. The lowest BCUT2D eigenvalue weighted by molar-refractivity contribution is -0.127. The van der Waals surface area contributed by atoms with E-state index in [9.17, 15) is 4.79 Å². The van der Waals surface area contributed by atoms with E-state index in [-0.39, 0.29) is 11.4 Å². The van der Waals surface area contributed by atoms with Gasteiger partial charge in [-0.15, -0.1) is 0 Å². The summed E-state index contributed by atoms with van der Waals surface area (Å²) < 4.78 is 0. The van der Waals surface area contributed by atoms with Gasteiger partial charge >= 0.3 is 0 Å². The van der Waals surface area contributed by atoms with Crippen LogP contribution in [0, 0.1) is 11.8 Å². The highest BCUT2D eigenvalue weighted by atomic mass is 16.2. The van der Waals surface area contributed by atoms with Gasteiger partial charge in [0.25, 0.3) is 0 Å². The fourth-order valence-electron chi connectivity index (χ4n) is 3.38. The molecule has 0 spiro atoms. The van der Waals surface area contributed by atoms with Crippen molar-refractivity contribution < 1.29 is 4.79 Å². The monoisotopic (exact) mass is 238 g/mol. The Kier molecular flexibility index (Phi) is 4.08. The third-order valence-corrected chi connectivity index (χ3v) is 4.64. The number of amides is 1. The largest absolute Gasteiger partial charge is 0.354 e. The van der Waals surface area contributed by atoms with Crippen LogP contribution in [-0.2, 0) is 4.79 Å². The van der Waals surface area contributed by atoms with Gasteiger partial charge in [-0.3, -0.25) is 4.79 Å². The molecule has 3 nitrogen and oxygen atoms in total. The molecule has 2 fully saturated rings. The van der Waals surface area contributed by atoms with E-state index in [1.807, 2.05) is 0 Å². The van der Waals surface area contributed by atoms with Crippen LogP contribution in [0.1, 0.15) is 52.4 Å². The Hall–Kier alpha value is -0.570. The predicted octanol–water partition coefficient (Wildman–Crippen LogP) is 2.07. The van der Waals surface area contributed by atoms with Gasteiger partial charge in [-0.1, -0.05) is 20.3 Å². The molecule has 0 aromatic rings. The van der Waals surface area contributed by atoms with E-state index < -0.39 is 0 Å². The van der Waals surface area contributed by atoms with Crippen LogP contribution in [-0.4, -0.2) is 24.5 Å². The minimum absolute atomic E-state index is 0.233. The highest BCUT2D eigenvalue weighted by Crippen LogP contribution is 2.30. The van der Waals surface area contributed by atoms with E-state index in [0.717, 1.165) is 38.3 Å².